The second-order valence-electron chi connectivity index (χ2n) is 7.05. The number of piperidine rings is 1. The molecule has 1 aromatic carbocycles. The maximum absolute atomic E-state index is 12.2. The average Bonchev–Trinajstić information content (AvgIpc) is 2.67. The Morgan fingerprint density at radius 1 is 1.32 bits per heavy atom. The van der Waals surface area contributed by atoms with Gasteiger partial charge in [-0.2, -0.15) is 4.98 Å². The lowest BCUT2D eigenvalue weighted by Gasteiger charge is -2.31. The minimum absolute atomic E-state index is 0.0679. The lowest BCUT2D eigenvalue weighted by Crippen LogP contribution is -2.43. The molecular formula is C19H25N7O2. The van der Waals surface area contributed by atoms with Crippen LogP contribution in [0.1, 0.15) is 33.6 Å². The minimum atomic E-state index is -0.634. The second-order valence-corrected chi connectivity index (χ2v) is 7.05. The van der Waals surface area contributed by atoms with Crippen molar-refractivity contribution < 1.29 is 9.59 Å². The van der Waals surface area contributed by atoms with Gasteiger partial charge >= 0.3 is 0 Å². The maximum Gasteiger partial charge on any atom is 0.254 e. The van der Waals surface area contributed by atoms with Crippen LogP contribution in [0.4, 0.5) is 17.5 Å². The number of amides is 2. The molecular weight excluding hydrogens is 358 g/mol. The summed E-state index contributed by atoms with van der Waals surface area (Å²) < 4.78 is 0. The third kappa shape index (κ3) is 4.37. The minimum Gasteiger partial charge on any atom is -0.365 e. The highest BCUT2D eigenvalue weighted by atomic mass is 16.2. The molecule has 0 aliphatic carbocycles. The van der Waals surface area contributed by atoms with Crippen molar-refractivity contribution in [3.8, 4) is 0 Å². The van der Waals surface area contributed by atoms with E-state index in [1.54, 1.807) is 38.4 Å². The SMILES string of the molecule is CN(C)C(=O)c1cccc(Nc2nc(N3CCCC(N)C3)ncc2C(N)=O)c1. The molecule has 3 rings (SSSR count). The zero-order chi connectivity index (χ0) is 20.3. The predicted octanol–water partition coefficient (Wildman–Crippen LogP) is 0.948. The molecule has 2 aromatic rings. The molecule has 1 aliphatic heterocycles. The fourth-order valence-corrected chi connectivity index (χ4v) is 3.12. The number of nitrogens with two attached hydrogens (primary N) is 2. The van der Waals surface area contributed by atoms with Crippen LogP contribution in [-0.4, -0.2) is 59.9 Å². The van der Waals surface area contributed by atoms with Crippen molar-refractivity contribution in [2.24, 2.45) is 11.5 Å². The van der Waals surface area contributed by atoms with Gasteiger partial charge in [0.1, 0.15) is 11.4 Å². The zero-order valence-electron chi connectivity index (χ0n) is 16.1. The molecule has 0 bridgehead atoms. The number of nitrogens with zero attached hydrogens (tertiary/aromatic N) is 4. The van der Waals surface area contributed by atoms with Crippen molar-refractivity contribution in [1.82, 2.24) is 14.9 Å². The van der Waals surface area contributed by atoms with Crippen LogP contribution in [-0.2, 0) is 0 Å². The van der Waals surface area contributed by atoms with E-state index < -0.39 is 5.91 Å². The molecule has 28 heavy (non-hydrogen) atoms. The number of aromatic nitrogens is 2. The van der Waals surface area contributed by atoms with E-state index in [0.717, 1.165) is 19.4 Å². The van der Waals surface area contributed by atoms with Gasteiger partial charge in [0.25, 0.3) is 11.8 Å². The van der Waals surface area contributed by atoms with Crippen molar-refractivity contribution in [3.05, 3.63) is 41.6 Å². The molecule has 148 valence electrons. The smallest absolute Gasteiger partial charge is 0.254 e. The van der Waals surface area contributed by atoms with Crippen LogP contribution in [0.25, 0.3) is 0 Å². The first kappa shape index (κ1) is 19.6. The lowest BCUT2D eigenvalue weighted by molar-refractivity contribution is 0.0827. The highest BCUT2D eigenvalue weighted by Crippen LogP contribution is 2.23. The number of carbonyl (C=O) groups excluding carboxylic acids is 2. The number of nitrogens with one attached hydrogen (secondary N) is 1. The molecule has 0 saturated carbocycles. The Labute approximate surface area is 163 Å². The fourth-order valence-electron chi connectivity index (χ4n) is 3.12. The van der Waals surface area contributed by atoms with Gasteiger partial charge in [0, 0.05) is 50.7 Å². The molecule has 1 unspecified atom stereocenters. The van der Waals surface area contributed by atoms with E-state index in [4.69, 9.17) is 11.5 Å². The van der Waals surface area contributed by atoms with Gasteiger partial charge < -0.3 is 26.6 Å². The molecule has 0 spiro atoms. The summed E-state index contributed by atoms with van der Waals surface area (Å²) in [6.45, 7) is 1.46. The lowest BCUT2D eigenvalue weighted by atomic mass is 10.1. The van der Waals surface area contributed by atoms with Crippen LogP contribution in [0.2, 0.25) is 0 Å². The quantitative estimate of drug-likeness (QED) is 0.700. The van der Waals surface area contributed by atoms with Crippen LogP contribution in [0.3, 0.4) is 0 Å². The first-order chi connectivity index (χ1) is 13.3. The third-order valence-corrected chi connectivity index (χ3v) is 4.56. The summed E-state index contributed by atoms with van der Waals surface area (Å²) in [7, 11) is 3.38. The third-order valence-electron chi connectivity index (χ3n) is 4.56. The molecule has 2 heterocycles. The van der Waals surface area contributed by atoms with Crippen molar-refractivity contribution in [1.29, 1.82) is 0 Å². The monoisotopic (exact) mass is 383 g/mol. The Balaban J connectivity index is 1.91. The van der Waals surface area contributed by atoms with Gasteiger partial charge in [-0.1, -0.05) is 6.07 Å². The number of primary amides is 1. The van der Waals surface area contributed by atoms with E-state index in [1.807, 2.05) is 4.90 Å². The number of hydrogen-bond acceptors (Lipinski definition) is 7. The van der Waals surface area contributed by atoms with Gasteiger partial charge in [-0.25, -0.2) is 4.98 Å². The molecule has 1 aliphatic rings. The average molecular weight is 383 g/mol. The van der Waals surface area contributed by atoms with E-state index in [1.165, 1.54) is 11.1 Å². The summed E-state index contributed by atoms with van der Waals surface area (Å²) in [5, 5.41) is 3.10. The summed E-state index contributed by atoms with van der Waals surface area (Å²) in [4.78, 5) is 36.3. The predicted molar refractivity (Wildman–Crippen MR) is 108 cm³/mol. The molecule has 1 aromatic heterocycles. The Morgan fingerprint density at radius 3 is 2.79 bits per heavy atom. The van der Waals surface area contributed by atoms with Gasteiger partial charge in [-0.15, -0.1) is 0 Å². The molecule has 1 saturated heterocycles. The molecule has 1 fully saturated rings. The summed E-state index contributed by atoms with van der Waals surface area (Å²) in [6.07, 6.45) is 3.34. The number of rotatable bonds is 5. The van der Waals surface area contributed by atoms with E-state index in [-0.39, 0.29) is 17.5 Å². The van der Waals surface area contributed by atoms with Crippen molar-refractivity contribution in [2.45, 2.75) is 18.9 Å². The summed E-state index contributed by atoms with van der Waals surface area (Å²) >= 11 is 0. The number of hydrogen-bond donors (Lipinski definition) is 3. The van der Waals surface area contributed by atoms with Gasteiger partial charge in [-0.05, 0) is 31.0 Å². The summed E-state index contributed by atoms with van der Waals surface area (Å²) in [5.74, 6) is 0.0312. The molecule has 0 radical (unpaired) electrons. The highest BCUT2D eigenvalue weighted by Gasteiger charge is 2.21. The van der Waals surface area contributed by atoms with Gasteiger partial charge in [0.2, 0.25) is 5.95 Å². The van der Waals surface area contributed by atoms with E-state index in [0.29, 0.717) is 29.6 Å². The number of benzene rings is 1. The van der Waals surface area contributed by atoms with Crippen LogP contribution >= 0.6 is 0 Å². The van der Waals surface area contributed by atoms with Crippen LogP contribution in [0.5, 0.6) is 0 Å². The largest absolute Gasteiger partial charge is 0.365 e. The molecule has 9 heteroatoms. The van der Waals surface area contributed by atoms with E-state index in [9.17, 15) is 9.59 Å². The number of anilines is 3. The van der Waals surface area contributed by atoms with E-state index >= 15 is 0 Å². The van der Waals surface area contributed by atoms with Crippen molar-refractivity contribution >= 4 is 29.3 Å². The molecule has 5 N–H and O–H groups in total. The summed E-state index contributed by atoms with van der Waals surface area (Å²) in [6, 6.07) is 7.04. The Kier molecular flexibility index (Phi) is 5.74. The van der Waals surface area contributed by atoms with Crippen molar-refractivity contribution in [3.63, 3.8) is 0 Å². The molecule has 9 nitrogen and oxygen atoms in total. The second kappa shape index (κ2) is 8.22. The first-order valence-corrected chi connectivity index (χ1v) is 9.11. The standard InChI is InChI=1S/C19H25N7O2/c1-25(2)18(28)12-5-3-7-14(9-12)23-17-15(16(21)27)10-22-19(24-17)26-8-4-6-13(20)11-26/h3,5,7,9-10,13H,4,6,8,11,20H2,1-2H3,(H2,21,27)(H,22,23,24). The van der Waals surface area contributed by atoms with Crippen LogP contribution in [0, 0.1) is 0 Å². The van der Waals surface area contributed by atoms with Gasteiger partial charge in [0.05, 0.1) is 0 Å². The van der Waals surface area contributed by atoms with Gasteiger partial charge in [-0.3, -0.25) is 9.59 Å². The zero-order valence-corrected chi connectivity index (χ0v) is 16.1. The molecule has 1 atom stereocenters. The van der Waals surface area contributed by atoms with Gasteiger partial charge in [0.15, 0.2) is 0 Å². The van der Waals surface area contributed by atoms with E-state index in [2.05, 4.69) is 15.3 Å². The topological polar surface area (TPSA) is 130 Å². The molecule has 2 amide bonds. The van der Waals surface area contributed by atoms with Crippen LogP contribution < -0.4 is 21.7 Å². The first-order valence-electron chi connectivity index (χ1n) is 9.11. The van der Waals surface area contributed by atoms with Crippen LogP contribution in [0.15, 0.2) is 30.5 Å². The number of carbonyl (C=O) groups is 2. The summed E-state index contributed by atoms with van der Waals surface area (Å²) in [5.41, 5.74) is 12.8. The maximum atomic E-state index is 12.2. The van der Waals surface area contributed by atoms with Crippen molar-refractivity contribution in [2.75, 3.05) is 37.4 Å². The normalized spacial score (nSPS) is 16.5. The Bertz CT molecular complexity index is 884. The fraction of sp³-hybridized carbons (Fsp3) is 0.368. The Hall–Kier alpha value is -3.20. The Morgan fingerprint density at radius 2 is 2.11 bits per heavy atom. The highest BCUT2D eigenvalue weighted by molar-refractivity contribution is 5.98.